The smallest absolute Gasteiger partial charge is 0.329 e. The molecule has 0 aromatic heterocycles. The number of allylic oxidation sites excluding steroid dienone is 1. The van der Waals surface area contributed by atoms with Gasteiger partial charge >= 0.3 is 6.03 Å². The van der Waals surface area contributed by atoms with Crippen LogP contribution in [0.1, 0.15) is 32.6 Å². The molecule has 2 aliphatic rings. The van der Waals surface area contributed by atoms with E-state index in [-0.39, 0.29) is 35.9 Å². The van der Waals surface area contributed by atoms with Crippen LogP contribution in [0.5, 0.6) is 0 Å². The number of nitrogens with two attached hydrogens (primary N) is 4. The Morgan fingerprint density at radius 1 is 1.40 bits per heavy atom. The first-order chi connectivity index (χ1) is 14.2. The summed E-state index contributed by atoms with van der Waals surface area (Å²) in [5.41, 5.74) is 21.8. The van der Waals surface area contributed by atoms with Crippen molar-refractivity contribution in [2.24, 2.45) is 32.9 Å². The zero-order chi connectivity index (χ0) is 22.3. The highest BCUT2D eigenvalue weighted by molar-refractivity contribution is 6.31. The van der Waals surface area contributed by atoms with E-state index in [0.717, 1.165) is 17.7 Å². The van der Waals surface area contributed by atoms with E-state index < -0.39 is 17.5 Å². The third-order valence-corrected chi connectivity index (χ3v) is 4.81. The molecule has 0 saturated carbocycles. The number of aliphatic imine (C=N–C) groups is 2. The summed E-state index contributed by atoms with van der Waals surface area (Å²) in [6.07, 6.45) is 8.39. The van der Waals surface area contributed by atoms with E-state index in [9.17, 15) is 9.59 Å². The third kappa shape index (κ3) is 6.14. The van der Waals surface area contributed by atoms with Gasteiger partial charge in [-0.1, -0.05) is 37.4 Å². The van der Waals surface area contributed by atoms with Crippen molar-refractivity contribution >= 4 is 35.3 Å². The number of hydrogen-bond acceptors (Lipinski definition) is 7. The minimum absolute atomic E-state index is 0.0250. The maximum Gasteiger partial charge on any atom is 0.329 e. The Balaban J connectivity index is 2.12. The molecule has 0 bridgehead atoms. The van der Waals surface area contributed by atoms with Crippen molar-refractivity contribution in [2.75, 3.05) is 13.2 Å². The summed E-state index contributed by atoms with van der Waals surface area (Å²) in [6.45, 7) is 1.83. The average Bonchev–Trinajstić information content (AvgIpc) is 2.68. The number of carbonyl (C=O) groups is 2. The lowest BCUT2D eigenvalue weighted by Gasteiger charge is -2.29. The number of halogens is 1. The number of carbonyl (C=O) groups excluding carboxylic acids is 2. The van der Waals surface area contributed by atoms with Crippen LogP contribution < -0.4 is 28.3 Å². The van der Waals surface area contributed by atoms with E-state index >= 15 is 0 Å². The van der Waals surface area contributed by atoms with Crippen LogP contribution in [0, 0.1) is 0 Å². The van der Waals surface area contributed by atoms with Gasteiger partial charge in [0, 0.05) is 0 Å². The number of hydrogen-bond donors (Lipinski definition) is 5. The van der Waals surface area contributed by atoms with Gasteiger partial charge in [-0.15, -0.1) is 0 Å². The molecule has 1 aliphatic carbocycles. The number of amides is 3. The maximum atomic E-state index is 12.5. The molecular formula is C18H27ClN8O3. The van der Waals surface area contributed by atoms with Gasteiger partial charge in [-0.3, -0.25) is 15.0 Å². The molecule has 0 radical (unpaired) electrons. The Labute approximate surface area is 179 Å². The Hall–Kier alpha value is -3.21. The van der Waals surface area contributed by atoms with Crippen molar-refractivity contribution in [1.29, 1.82) is 0 Å². The SMILES string of the molecule is CCCCC1(N=C(N)NC(=O)N2CC(N)=NC(N)=C2Cl)C=CC(OCC(N)=O)=CC1. The van der Waals surface area contributed by atoms with Gasteiger partial charge in [0.25, 0.3) is 5.91 Å². The molecule has 2 rings (SSSR count). The normalized spacial score (nSPS) is 21.8. The third-order valence-electron chi connectivity index (χ3n) is 4.41. The van der Waals surface area contributed by atoms with Gasteiger partial charge in [-0.2, -0.15) is 0 Å². The van der Waals surface area contributed by atoms with Crippen LogP contribution in [-0.4, -0.2) is 47.3 Å². The zero-order valence-corrected chi connectivity index (χ0v) is 17.5. The highest BCUT2D eigenvalue weighted by Gasteiger charge is 2.30. The molecule has 30 heavy (non-hydrogen) atoms. The summed E-state index contributed by atoms with van der Waals surface area (Å²) < 4.78 is 5.31. The maximum absolute atomic E-state index is 12.5. The molecule has 1 atom stereocenters. The van der Waals surface area contributed by atoms with Crippen LogP contribution in [0.4, 0.5) is 4.79 Å². The molecule has 0 spiro atoms. The molecule has 0 aromatic carbocycles. The highest BCUT2D eigenvalue weighted by Crippen LogP contribution is 2.31. The van der Waals surface area contributed by atoms with Crippen molar-refractivity contribution in [3.05, 3.63) is 35.0 Å². The van der Waals surface area contributed by atoms with Crippen LogP contribution in [0.3, 0.4) is 0 Å². The topological polar surface area (TPSA) is 187 Å². The summed E-state index contributed by atoms with van der Waals surface area (Å²) >= 11 is 6.04. The summed E-state index contributed by atoms with van der Waals surface area (Å²) in [5.74, 6) is -0.0389. The average molecular weight is 439 g/mol. The first kappa shape index (κ1) is 23.1. The second-order valence-corrected chi connectivity index (χ2v) is 7.26. The molecule has 0 fully saturated rings. The van der Waals surface area contributed by atoms with E-state index in [1.54, 1.807) is 12.2 Å². The molecule has 1 unspecified atom stereocenters. The van der Waals surface area contributed by atoms with Crippen molar-refractivity contribution in [3.8, 4) is 0 Å². The fourth-order valence-electron chi connectivity index (χ4n) is 2.93. The van der Waals surface area contributed by atoms with E-state index in [0.29, 0.717) is 18.6 Å². The number of nitrogens with one attached hydrogen (secondary N) is 1. The molecule has 1 aliphatic heterocycles. The number of amidine groups is 1. The number of ether oxygens (including phenoxy) is 1. The van der Waals surface area contributed by atoms with Crippen LogP contribution >= 0.6 is 11.6 Å². The van der Waals surface area contributed by atoms with Crippen molar-refractivity contribution in [1.82, 2.24) is 10.2 Å². The van der Waals surface area contributed by atoms with Gasteiger partial charge in [0.2, 0.25) is 0 Å². The zero-order valence-electron chi connectivity index (χ0n) is 16.7. The summed E-state index contributed by atoms with van der Waals surface area (Å²) in [4.78, 5) is 32.9. The number of urea groups is 1. The number of rotatable bonds is 7. The van der Waals surface area contributed by atoms with Crippen molar-refractivity contribution < 1.29 is 14.3 Å². The van der Waals surface area contributed by atoms with Gasteiger partial charge in [-0.05, 0) is 25.0 Å². The molecule has 1 heterocycles. The lowest BCUT2D eigenvalue weighted by Crippen LogP contribution is -2.50. The number of unbranched alkanes of at least 4 members (excludes halogenated alkanes) is 1. The van der Waals surface area contributed by atoms with Gasteiger partial charge in [0.1, 0.15) is 11.6 Å². The Bertz CT molecular complexity index is 848. The van der Waals surface area contributed by atoms with E-state index in [4.69, 9.17) is 39.3 Å². The van der Waals surface area contributed by atoms with E-state index in [1.165, 1.54) is 0 Å². The number of guanidine groups is 1. The molecular weight excluding hydrogens is 412 g/mol. The first-order valence-electron chi connectivity index (χ1n) is 9.38. The summed E-state index contributed by atoms with van der Waals surface area (Å²) in [7, 11) is 0. The molecule has 0 saturated heterocycles. The van der Waals surface area contributed by atoms with E-state index in [1.807, 2.05) is 6.08 Å². The molecule has 164 valence electrons. The van der Waals surface area contributed by atoms with Gasteiger partial charge < -0.3 is 27.7 Å². The largest absolute Gasteiger partial charge is 0.484 e. The van der Waals surface area contributed by atoms with Gasteiger partial charge in [-0.25, -0.2) is 14.8 Å². The first-order valence-corrected chi connectivity index (χ1v) is 9.76. The lowest BCUT2D eigenvalue weighted by atomic mass is 9.86. The molecule has 3 amide bonds. The van der Waals surface area contributed by atoms with Crippen LogP contribution in [0.25, 0.3) is 0 Å². The monoisotopic (exact) mass is 438 g/mol. The summed E-state index contributed by atoms with van der Waals surface area (Å²) in [5, 5.41) is 2.45. The predicted molar refractivity (Wildman–Crippen MR) is 115 cm³/mol. The molecule has 11 nitrogen and oxygen atoms in total. The second kappa shape index (κ2) is 10.0. The Morgan fingerprint density at radius 2 is 2.13 bits per heavy atom. The predicted octanol–water partition coefficient (Wildman–Crippen LogP) is 0.282. The van der Waals surface area contributed by atoms with E-state index in [2.05, 4.69) is 22.2 Å². The minimum atomic E-state index is -0.659. The highest BCUT2D eigenvalue weighted by atomic mass is 35.5. The lowest BCUT2D eigenvalue weighted by molar-refractivity contribution is -0.121. The van der Waals surface area contributed by atoms with Crippen molar-refractivity contribution in [3.63, 3.8) is 0 Å². The number of nitrogens with zero attached hydrogens (tertiary/aromatic N) is 3. The quantitative estimate of drug-likeness (QED) is 0.215. The van der Waals surface area contributed by atoms with Crippen LogP contribution in [0.2, 0.25) is 0 Å². The molecule has 12 heteroatoms. The van der Waals surface area contributed by atoms with Crippen molar-refractivity contribution in [2.45, 2.75) is 38.1 Å². The standard InChI is InChI=1S/C18H27ClN8O3/c1-2-3-6-18(7-4-11(5-8-18)30-10-13(21)28)26-16(23)25-17(29)27-9-12(20)24-15(22)14(27)19/h4-5,7H,2-3,6,8-10,22H2,1H3,(H2,20,24)(H2,21,28)(H3,23,25,26,29). The Kier molecular flexibility index (Phi) is 7.70. The van der Waals surface area contributed by atoms with Crippen LogP contribution in [0.15, 0.2) is 44.9 Å². The summed E-state index contributed by atoms with van der Waals surface area (Å²) in [6, 6.07) is -0.631. The molecule has 9 N–H and O–H groups in total. The second-order valence-electron chi connectivity index (χ2n) is 6.90. The number of primary amides is 1. The van der Waals surface area contributed by atoms with Gasteiger partial charge in [0.15, 0.2) is 23.5 Å². The molecule has 0 aromatic rings. The van der Waals surface area contributed by atoms with Crippen LogP contribution in [-0.2, 0) is 9.53 Å². The fraction of sp³-hybridized carbons (Fsp3) is 0.444. The van der Waals surface area contributed by atoms with Gasteiger partial charge in [0.05, 0.1) is 12.1 Å². The Morgan fingerprint density at radius 3 is 2.73 bits per heavy atom. The minimum Gasteiger partial charge on any atom is -0.484 e. The fourth-order valence-corrected chi connectivity index (χ4v) is 3.11.